The van der Waals surface area contributed by atoms with Gasteiger partial charge in [0.05, 0.1) is 7.11 Å². The maximum atomic E-state index is 5.70. The summed E-state index contributed by atoms with van der Waals surface area (Å²) in [6, 6.07) is 5.90. The first-order chi connectivity index (χ1) is 7.83. The minimum Gasteiger partial charge on any atom is -0.493 e. The van der Waals surface area contributed by atoms with Crippen molar-refractivity contribution < 1.29 is 9.47 Å². The molecule has 0 radical (unpaired) electrons. The molecule has 3 heteroatoms. The third-order valence-corrected chi connectivity index (χ3v) is 2.21. The van der Waals surface area contributed by atoms with Crippen molar-refractivity contribution in [3.05, 3.63) is 35.9 Å². The number of allylic oxidation sites excluding steroid dienone is 1. The Morgan fingerprint density at radius 3 is 2.81 bits per heavy atom. The first kappa shape index (κ1) is 12.6. The average molecular weight is 221 g/mol. The Labute approximate surface area is 97.1 Å². The zero-order valence-corrected chi connectivity index (χ0v) is 10.1. The van der Waals surface area contributed by atoms with Crippen LogP contribution in [0, 0.1) is 0 Å². The SMILES string of the molecule is C/C=C/COc1c(CNC)cccc1OC. The van der Waals surface area contributed by atoms with Gasteiger partial charge in [-0.05, 0) is 20.0 Å². The van der Waals surface area contributed by atoms with Crippen LogP contribution in [0.3, 0.4) is 0 Å². The van der Waals surface area contributed by atoms with E-state index in [2.05, 4.69) is 5.32 Å². The Morgan fingerprint density at radius 2 is 2.19 bits per heavy atom. The molecule has 88 valence electrons. The van der Waals surface area contributed by atoms with E-state index >= 15 is 0 Å². The fraction of sp³-hybridized carbons (Fsp3) is 0.385. The normalized spacial score (nSPS) is 10.7. The molecule has 0 spiro atoms. The van der Waals surface area contributed by atoms with Crippen LogP contribution in [0.5, 0.6) is 11.5 Å². The number of rotatable bonds is 6. The number of methoxy groups -OCH3 is 1. The summed E-state index contributed by atoms with van der Waals surface area (Å²) in [6.07, 6.45) is 3.93. The maximum absolute atomic E-state index is 5.70. The van der Waals surface area contributed by atoms with Crippen LogP contribution in [-0.2, 0) is 6.54 Å². The van der Waals surface area contributed by atoms with E-state index in [-0.39, 0.29) is 0 Å². The quantitative estimate of drug-likeness (QED) is 0.748. The van der Waals surface area contributed by atoms with E-state index in [4.69, 9.17) is 9.47 Å². The van der Waals surface area contributed by atoms with Gasteiger partial charge in [-0.1, -0.05) is 24.3 Å². The van der Waals surface area contributed by atoms with Gasteiger partial charge in [0.2, 0.25) is 0 Å². The van der Waals surface area contributed by atoms with Gasteiger partial charge in [0.25, 0.3) is 0 Å². The van der Waals surface area contributed by atoms with Crippen LogP contribution in [0.4, 0.5) is 0 Å². The van der Waals surface area contributed by atoms with Gasteiger partial charge in [0.1, 0.15) is 6.61 Å². The van der Waals surface area contributed by atoms with Crippen molar-refractivity contribution >= 4 is 0 Å². The van der Waals surface area contributed by atoms with Crippen LogP contribution < -0.4 is 14.8 Å². The summed E-state index contributed by atoms with van der Waals surface area (Å²) in [5.74, 6) is 1.59. The van der Waals surface area contributed by atoms with Crippen molar-refractivity contribution in [1.82, 2.24) is 5.32 Å². The summed E-state index contributed by atoms with van der Waals surface area (Å²) in [5.41, 5.74) is 1.10. The summed E-state index contributed by atoms with van der Waals surface area (Å²) in [5, 5.41) is 3.11. The van der Waals surface area contributed by atoms with Crippen LogP contribution in [-0.4, -0.2) is 20.8 Å². The first-order valence-corrected chi connectivity index (χ1v) is 5.38. The van der Waals surface area contributed by atoms with Crippen molar-refractivity contribution in [2.75, 3.05) is 20.8 Å². The lowest BCUT2D eigenvalue weighted by Gasteiger charge is -2.13. The van der Waals surface area contributed by atoms with Gasteiger partial charge in [-0.15, -0.1) is 0 Å². The molecule has 0 amide bonds. The van der Waals surface area contributed by atoms with Crippen molar-refractivity contribution in [2.24, 2.45) is 0 Å². The molecule has 0 atom stereocenters. The molecular weight excluding hydrogens is 202 g/mol. The largest absolute Gasteiger partial charge is 0.493 e. The van der Waals surface area contributed by atoms with Gasteiger partial charge >= 0.3 is 0 Å². The topological polar surface area (TPSA) is 30.5 Å². The zero-order valence-electron chi connectivity index (χ0n) is 10.1. The number of nitrogens with one attached hydrogen (secondary N) is 1. The number of para-hydroxylation sites is 1. The number of hydrogen-bond donors (Lipinski definition) is 1. The van der Waals surface area contributed by atoms with Crippen molar-refractivity contribution in [3.8, 4) is 11.5 Å². The molecule has 3 nitrogen and oxygen atoms in total. The maximum Gasteiger partial charge on any atom is 0.166 e. The Hall–Kier alpha value is -1.48. The van der Waals surface area contributed by atoms with Gasteiger partial charge in [0, 0.05) is 12.1 Å². The number of benzene rings is 1. The summed E-state index contributed by atoms with van der Waals surface area (Å²) < 4.78 is 11.0. The fourth-order valence-corrected chi connectivity index (χ4v) is 1.44. The standard InChI is InChI=1S/C13H19NO2/c1-4-5-9-16-13-11(10-14-2)7-6-8-12(13)15-3/h4-8,14H,9-10H2,1-3H3/b5-4+. The monoisotopic (exact) mass is 221 g/mol. The van der Waals surface area contributed by atoms with E-state index in [1.807, 2.05) is 44.3 Å². The molecule has 1 aromatic rings. The van der Waals surface area contributed by atoms with Gasteiger partial charge in [0.15, 0.2) is 11.5 Å². The highest BCUT2D eigenvalue weighted by Gasteiger charge is 2.08. The lowest BCUT2D eigenvalue weighted by molar-refractivity contribution is 0.322. The van der Waals surface area contributed by atoms with Gasteiger partial charge in [-0.2, -0.15) is 0 Å². The smallest absolute Gasteiger partial charge is 0.166 e. The molecule has 1 rings (SSSR count). The Morgan fingerprint density at radius 1 is 1.38 bits per heavy atom. The third-order valence-electron chi connectivity index (χ3n) is 2.21. The highest BCUT2D eigenvalue weighted by Crippen LogP contribution is 2.30. The lowest BCUT2D eigenvalue weighted by Crippen LogP contribution is -2.08. The van der Waals surface area contributed by atoms with Crippen LogP contribution in [0.25, 0.3) is 0 Å². The van der Waals surface area contributed by atoms with Crippen molar-refractivity contribution in [1.29, 1.82) is 0 Å². The molecule has 16 heavy (non-hydrogen) atoms. The predicted molar refractivity (Wildman–Crippen MR) is 66.1 cm³/mol. The molecule has 0 aliphatic carbocycles. The van der Waals surface area contributed by atoms with Crippen molar-refractivity contribution in [3.63, 3.8) is 0 Å². The lowest BCUT2D eigenvalue weighted by atomic mass is 10.2. The van der Waals surface area contributed by atoms with Gasteiger partial charge < -0.3 is 14.8 Å². The third kappa shape index (κ3) is 3.28. The van der Waals surface area contributed by atoms with Crippen molar-refractivity contribution in [2.45, 2.75) is 13.5 Å². The summed E-state index contributed by atoms with van der Waals surface area (Å²) in [4.78, 5) is 0. The molecule has 0 aromatic heterocycles. The van der Waals surface area contributed by atoms with Crippen LogP contribution >= 0.6 is 0 Å². The van der Waals surface area contributed by atoms with E-state index < -0.39 is 0 Å². The highest BCUT2D eigenvalue weighted by atomic mass is 16.5. The molecular formula is C13H19NO2. The molecule has 0 heterocycles. The Balaban J connectivity index is 2.89. The molecule has 1 aromatic carbocycles. The Bertz CT molecular complexity index is 348. The molecule has 0 aliphatic rings. The predicted octanol–water partition coefficient (Wildman–Crippen LogP) is 2.37. The molecule has 0 bridgehead atoms. The fourth-order valence-electron chi connectivity index (χ4n) is 1.44. The minimum atomic E-state index is 0.563. The van der Waals surface area contributed by atoms with E-state index in [0.29, 0.717) is 6.61 Å². The number of ether oxygens (including phenoxy) is 2. The van der Waals surface area contributed by atoms with E-state index in [0.717, 1.165) is 23.6 Å². The van der Waals surface area contributed by atoms with Gasteiger partial charge in [-0.25, -0.2) is 0 Å². The highest BCUT2D eigenvalue weighted by molar-refractivity contribution is 5.46. The number of hydrogen-bond acceptors (Lipinski definition) is 3. The zero-order chi connectivity index (χ0) is 11.8. The second-order valence-corrected chi connectivity index (χ2v) is 3.36. The van der Waals surface area contributed by atoms with E-state index in [9.17, 15) is 0 Å². The summed E-state index contributed by atoms with van der Waals surface area (Å²) in [7, 11) is 3.57. The second-order valence-electron chi connectivity index (χ2n) is 3.36. The molecule has 0 unspecified atom stereocenters. The molecule has 0 saturated heterocycles. The van der Waals surface area contributed by atoms with E-state index in [1.165, 1.54) is 0 Å². The molecule has 0 aliphatic heterocycles. The van der Waals surface area contributed by atoms with Crippen LogP contribution in [0.2, 0.25) is 0 Å². The second kappa shape index (κ2) is 6.90. The summed E-state index contributed by atoms with van der Waals surface area (Å²) >= 11 is 0. The van der Waals surface area contributed by atoms with Crippen LogP contribution in [0.1, 0.15) is 12.5 Å². The minimum absolute atomic E-state index is 0.563. The average Bonchev–Trinajstić information content (AvgIpc) is 2.31. The summed E-state index contributed by atoms with van der Waals surface area (Å²) in [6.45, 7) is 3.30. The van der Waals surface area contributed by atoms with Gasteiger partial charge in [-0.3, -0.25) is 0 Å². The van der Waals surface area contributed by atoms with Crippen LogP contribution in [0.15, 0.2) is 30.4 Å². The van der Waals surface area contributed by atoms with E-state index in [1.54, 1.807) is 7.11 Å². The molecule has 1 N–H and O–H groups in total. The molecule has 0 fully saturated rings. The first-order valence-electron chi connectivity index (χ1n) is 5.38. The molecule has 0 saturated carbocycles. The Kier molecular flexibility index (Phi) is 5.43.